The van der Waals surface area contributed by atoms with Crippen LogP contribution >= 0.6 is 0 Å². The molecule has 1 aromatic rings. The number of ether oxygens (including phenoxy) is 2. The fourth-order valence-electron chi connectivity index (χ4n) is 3.04. The van der Waals surface area contributed by atoms with Crippen molar-refractivity contribution in [1.82, 2.24) is 10.0 Å². The van der Waals surface area contributed by atoms with Gasteiger partial charge in [-0.25, -0.2) is 13.1 Å². The standard InChI is InChI=1S/C15H22N2O4S/c1-3-20-13-6-5-10(7-14(13)21-4-2)22(18,19)17-15-11-8-16-9-12(11)15/h5-7,11-12,15-17H,3-4,8-9H2,1-2H3. The second-order valence-electron chi connectivity index (χ2n) is 5.61. The molecule has 3 rings (SSSR count). The Bertz CT molecular complexity index is 637. The van der Waals surface area contributed by atoms with Gasteiger partial charge in [0.25, 0.3) is 0 Å². The number of benzene rings is 1. The molecule has 1 aliphatic heterocycles. The molecule has 0 aromatic heterocycles. The van der Waals surface area contributed by atoms with Crippen LogP contribution in [0, 0.1) is 11.8 Å². The quantitative estimate of drug-likeness (QED) is 0.781. The van der Waals surface area contributed by atoms with E-state index < -0.39 is 10.0 Å². The molecule has 1 saturated carbocycles. The number of hydrogen-bond donors (Lipinski definition) is 2. The minimum absolute atomic E-state index is 0.0633. The van der Waals surface area contributed by atoms with Crippen molar-refractivity contribution in [3.63, 3.8) is 0 Å². The van der Waals surface area contributed by atoms with E-state index in [4.69, 9.17) is 9.47 Å². The van der Waals surface area contributed by atoms with Crippen molar-refractivity contribution in [1.29, 1.82) is 0 Å². The molecular weight excluding hydrogens is 304 g/mol. The van der Waals surface area contributed by atoms with E-state index in [-0.39, 0.29) is 10.9 Å². The van der Waals surface area contributed by atoms with Gasteiger partial charge < -0.3 is 14.8 Å². The van der Waals surface area contributed by atoms with Gasteiger partial charge in [-0.1, -0.05) is 0 Å². The Balaban J connectivity index is 1.79. The molecule has 0 bridgehead atoms. The van der Waals surface area contributed by atoms with Gasteiger partial charge >= 0.3 is 0 Å². The zero-order valence-corrected chi connectivity index (χ0v) is 13.7. The first kappa shape index (κ1) is 15.6. The van der Waals surface area contributed by atoms with Crippen LogP contribution in [0.2, 0.25) is 0 Å². The van der Waals surface area contributed by atoms with Gasteiger partial charge in [0, 0.05) is 12.1 Å². The normalized spacial score (nSPS) is 26.5. The number of piperidine rings is 1. The number of rotatable bonds is 7. The Hall–Kier alpha value is -1.31. The van der Waals surface area contributed by atoms with Crippen molar-refractivity contribution in [2.75, 3.05) is 26.3 Å². The van der Waals surface area contributed by atoms with Crippen LogP contribution in [-0.4, -0.2) is 40.8 Å². The average Bonchev–Trinajstić information content (AvgIpc) is 2.92. The molecule has 1 saturated heterocycles. The topological polar surface area (TPSA) is 76.7 Å². The smallest absolute Gasteiger partial charge is 0.240 e. The third-order valence-electron chi connectivity index (χ3n) is 4.21. The van der Waals surface area contributed by atoms with E-state index in [0.29, 0.717) is 36.5 Å². The van der Waals surface area contributed by atoms with E-state index in [1.807, 2.05) is 13.8 Å². The SMILES string of the molecule is CCOc1ccc(S(=O)(=O)NC2C3CNCC32)cc1OCC. The molecule has 1 aromatic carbocycles. The van der Waals surface area contributed by atoms with Crippen LogP contribution in [0.25, 0.3) is 0 Å². The van der Waals surface area contributed by atoms with Crippen molar-refractivity contribution in [2.24, 2.45) is 11.8 Å². The zero-order valence-electron chi connectivity index (χ0n) is 12.8. The maximum Gasteiger partial charge on any atom is 0.240 e. The van der Waals surface area contributed by atoms with Gasteiger partial charge in [-0.3, -0.25) is 0 Å². The van der Waals surface area contributed by atoms with Gasteiger partial charge in [0.15, 0.2) is 11.5 Å². The number of nitrogens with one attached hydrogen (secondary N) is 2. The van der Waals surface area contributed by atoms with Gasteiger partial charge in [-0.15, -0.1) is 0 Å². The summed E-state index contributed by atoms with van der Waals surface area (Å²) < 4.78 is 38.8. The Kier molecular flexibility index (Phi) is 4.29. The van der Waals surface area contributed by atoms with Crippen LogP contribution < -0.4 is 19.5 Å². The van der Waals surface area contributed by atoms with Crippen LogP contribution in [0.1, 0.15) is 13.8 Å². The number of sulfonamides is 1. The van der Waals surface area contributed by atoms with E-state index >= 15 is 0 Å². The van der Waals surface area contributed by atoms with Crippen molar-refractivity contribution in [2.45, 2.75) is 24.8 Å². The van der Waals surface area contributed by atoms with E-state index in [0.717, 1.165) is 13.1 Å². The highest BCUT2D eigenvalue weighted by atomic mass is 32.2. The summed E-state index contributed by atoms with van der Waals surface area (Å²) in [5.74, 6) is 1.90. The Morgan fingerprint density at radius 1 is 1.14 bits per heavy atom. The van der Waals surface area contributed by atoms with Gasteiger partial charge in [-0.05, 0) is 50.9 Å². The second kappa shape index (κ2) is 6.06. The lowest BCUT2D eigenvalue weighted by Crippen LogP contribution is -2.32. The fourth-order valence-corrected chi connectivity index (χ4v) is 4.39. The minimum atomic E-state index is -3.52. The van der Waals surface area contributed by atoms with Crippen LogP contribution in [0.15, 0.2) is 23.1 Å². The predicted molar refractivity (Wildman–Crippen MR) is 82.7 cm³/mol. The zero-order chi connectivity index (χ0) is 15.7. The summed E-state index contributed by atoms with van der Waals surface area (Å²) in [6.07, 6.45) is 0. The van der Waals surface area contributed by atoms with Crippen LogP contribution in [-0.2, 0) is 10.0 Å². The maximum atomic E-state index is 12.5. The summed E-state index contributed by atoms with van der Waals surface area (Å²) in [5, 5.41) is 3.25. The molecule has 2 unspecified atom stereocenters. The van der Waals surface area contributed by atoms with E-state index in [1.165, 1.54) is 6.07 Å². The summed E-state index contributed by atoms with van der Waals surface area (Å²) in [7, 11) is -3.52. The van der Waals surface area contributed by atoms with E-state index in [9.17, 15) is 8.42 Å². The minimum Gasteiger partial charge on any atom is -0.490 e. The molecule has 7 heteroatoms. The van der Waals surface area contributed by atoms with Crippen LogP contribution in [0.5, 0.6) is 11.5 Å². The van der Waals surface area contributed by atoms with E-state index in [1.54, 1.807) is 12.1 Å². The third-order valence-corrected chi connectivity index (χ3v) is 5.67. The second-order valence-corrected chi connectivity index (χ2v) is 7.32. The van der Waals surface area contributed by atoms with Crippen molar-refractivity contribution in [3.8, 4) is 11.5 Å². The predicted octanol–water partition coefficient (Wildman–Crippen LogP) is 0.980. The summed E-state index contributed by atoms with van der Waals surface area (Å²) in [5.41, 5.74) is 0. The molecule has 22 heavy (non-hydrogen) atoms. The molecule has 0 radical (unpaired) electrons. The highest BCUT2D eigenvalue weighted by Gasteiger charge is 2.54. The summed E-state index contributed by atoms with van der Waals surface area (Å²) in [6, 6.07) is 4.81. The lowest BCUT2D eigenvalue weighted by atomic mass is 10.3. The first-order valence-corrected chi connectivity index (χ1v) is 9.17. The van der Waals surface area contributed by atoms with E-state index in [2.05, 4.69) is 10.0 Å². The van der Waals surface area contributed by atoms with Crippen LogP contribution in [0.4, 0.5) is 0 Å². The van der Waals surface area contributed by atoms with Gasteiger partial charge in [-0.2, -0.15) is 0 Å². The highest BCUT2D eigenvalue weighted by Crippen LogP contribution is 2.42. The first-order chi connectivity index (χ1) is 10.6. The molecule has 122 valence electrons. The average molecular weight is 326 g/mol. The summed E-state index contributed by atoms with van der Waals surface area (Å²) >= 11 is 0. The molecule has 1 aliphatic carbocycles. The molecule has 2 fully saturated rings. The maximum absolute atomic E-state index is 12.5. The Labute approximate surface area is 131 Å². The largest absolute Gasteiger partial charge is 0.490 e. The Morgan fingerprint density at radius 2 is 1.77 bits per heavy atom. The first-order valence-electron chi connectivity index (χ1n) is 7.69. The molecule has 0 spiro atoms. The highest BCUT2D eigenvalue weighted by molar-refractivity contribution is 7.89. The van der Waals surface area contributed by atoms with Gasteiger partial charge in [0.2, 0.25) is 10.0 Å². The molecule has 2 aliphatic rings. The van der Waals surface area contributed by atoms with Crippen molar-refractivity contribution in [3.05, 3.63) is 18.2 Å². The lowest BCUT2D eigenvalue weighted by Gasteiger charge is -2.13. The van der Waals surface area contributed by atoms with Crippen molar-refractivity contribution < 1.29 is 17.9 Å². The Morgan fingerprint density at radius 3 is 2.41 bits per heavy atom. The molecule has 2 atom stereocenters. The molecule has 2 N–H and O–H groups in total. The summed E-state index contributed by atoms with van der Waals surface area (Å²) in [4.78, 5) is 0.220. The summed E-state index contributed by atoms with van der Waals surface area (Å²) in [6.45, 7) is 6.48. The molecule has 0 amide bonds. The van der Waals surface area contributed by atoms with Crippen LogP contribution in [0.3, 0.4) is 0 Å². The molecular formula is C15H22N2O4S. The van der Waals surface area contributed by atoms with Gasteiger partial charge in [0.1, 0.15) is 0 Å². The fraction of sp³-hybridized carbons (Fsp3) is 0.600. The van der Waals surface area contributed by atoms with Gasteiger partial charge in [0.05, 0.1) is 18.1 Å². The molecule has 1 heterocycles. The number of fused-ring (bicyclic) bond motifs is 1. The third kappa shape index (κ3) is 2.93. The monoisotopic (exact) mass is 326 g/mol. The number of hydrogen-bond acceptors (Lipinski definition) is 5. The molecule has 6 nitrogen and oxygen atoms in total. The lowest BCUT2D eigenvalue weighted by molar-refractivity contribution is 0.287. The van der Waals surface area contributed by atoms with Crippen molar-refractivity contribution >= 4 is 10.0 Å².